The number of hydrogen-bond donors (Lipinski definition) is 1. The number of nitrogens with one attached hydrogen (secondary N) is 1. The van der Waals surface area contributed by atoms with E-state index in [9.17, 15) is 8.42 Å². The number of thioether (sulfide) groups is 1. The van der Waals surface area contributed by atoms with Gasteiger partial charge in [-0.05, 0) is 5.92 Å². The van der Waals surface area contributed by atoms with Crippen LogP contribution in [0, 0.1) is 5.92 Å². The van der Waals surface area contributed by atoms with Gasteiger partial charge in [0.1, 0.15) is 0 Å². The molecule has 0 spiro atoms. The van der Waals surface area contributed by atoms with E-state index in [-0.39, 0.29) is 5.75 Å². The van der Waals surface area contributed by atoms with E-state index in [1.165, 1.54) is 4.31 Å². The van der Waals surface area contributed by atoms with Crippen molar-refractivity contribution in [3.8, 4) is 0 Å². The zero-order valence-electron chi connectivity index (χ0n) is 15.1. The quantitative estimate of drug-likeness (QED) is 0.545. The second kappa shape index (κ2) is 9.74. The van der Waals surface area contributed by atoms with Crippen molar-refractivity contribution in [2.75, 3.05) is 51.3 Å². The van der Waals surface area contributed by atoms with Crippen molar-refractivity contribution >= 4 is 27.7 Å². The summed E-state index contributed by atoms with van der Waals surface area (Å²) < 4.78 is 25.9. The van der Waals surface area contributed by atoms with Gasteiger partial charge in [-0.15, -0.1) is 0 Å². The highest BCUT2D eigenvalue weighted by molar-refractivity contribution is 8.00. The third-order valence-electron chi connectivity index (χ3n) is 4.09. The van der Waals surface area contributed by atoms with Crippen LogP contribution in [0.1, 0.15) is 27.7 Å². The summed E-state index contributed by atoms with van der Waals surface area (Å²) in [7, 11) is -1.43. The molecule has 0 aromatic rings. The van der Waals surface area contributed by atoms with E-state index >= 15 is 0 Å². The van der Waals surface area contributed by atoms with Gasteiger partial charge in [-0.2, -0.15) is 11.8 Å². The summed E-state index contributed by atoms with van der Waals surface area (Å²) in [5.41, 5.74) is 0. The average molecular weight is 365 g/mol. The lowest BCUT2D eigenvalue weighted by atomic mass is 10.1. The zero-order valence-corrected chi connectivity index (χ0v) is 16.7. The molecule has 1 aliphatic rings. The molecular formula is C15H32N4O2S2. The second-order valence-electron chi connectivity index (χ2n) is 5.97. The van der Waals surface area contributed by atoms with Crippen LogP contribution in [-0.2, 0) is 10.0 Å². The molecule has 0 aromatic heterocycles. The number of guanidine groups is 1. The lowest BCUT2D eigenvalue weighted by molar-refractivity contribution is 0.381. The first-order chi connectivity index (χ1) is 10.9. The Balaban J connectivity index is 2.55. The van der Waals surface area contributed by atoms with Crippen molar-refractivity contribution in [1.29, 1.82) is 0 Å². The molecule has 1 aliphatic heterocycles. The predicted octanol–water partition coefficient (Wildman–Crippen LogP) is 1.31. The van der Waals surface area contributed by atoms with E-state index in [4.69, 9.17) is 0 Å². The molecule has 0 saturated carbocycles. The summed E-state index contributed by atoms with van der Waals surface area (Å²) in [6.07, 6.45) is 0. The summed E-state index contributed by atoms with van der Waals surface area (Å²) >= 11 is 2.01. The summed E-state index contributed by atoms with van der Waals surface area (Å²) in [4.78, 5) is 6.57. The maximum absolute atomic E-state index is 12.2. The minimum atomic E-state index is -3.19. The highest BCUT2D eigenvalue weighted by atomic mass is 32.2. The number of nitrogens with zero attached hydrogens (tertiary/aromatic N) is 3. The SMILES string of the molecule is CCN(CC)S(=O)(=O)CCNC(=NC)N1CCSC(C(C)C)C1. The molecule has 0 aliphatic carbocycles. The summed E-state index contributed by atoms with van der Waals surface area (Å²) in [6.45, 7) is 11.6. The van der Waals surface area contributed by atoms with Crippen LogP contribution >= 0.6 is 11.8 Å². The van der Waals surface area contributed by atoms with Gasteiger partial charge in [0.25, 0.3) is 0 Å². The highest BCUT2D eigenvalue weighted by Crippen LogP contribution is 2.24. The Morgan fingerprint density at radius 1 is 1.39 bits per heavy atom. The Morgan fingerprint density at radius 3 is 2.57 bits per heavy atom. The molecule has 6 nitrogen and oxygen atoms in total. The lowest BCUT2D eigenvalue weighted by Gasteiger charge is -2.36. The van der Waals surface area contributed by atoms with Gasteiger partial charge in [0.15, 0.2) is 5.96 Å². The molecule has 23 heavy (non-hydrogen) atoms. The molecule has 8 heteroatoms. The molecule has 0 aromatic carbocycles. The molecule has 136 valence electrons. The Hall–Kier alpha value is -0.470. The Kier molecular flexibility index (Phi) is 8.71. The minimum absolute atomic E-state index is 0.101. The molecule has 1 saturated heterocycles. The highest BCUT2D eigenvalue weighted by Gasteiger charge is 2.25. The van der Waals surface area contributed by atoms with Crippen LogP contribution in [0.3, 0.4) is 0 Å². The van der Waals surface area contributed by atoms with Crippen molar-refractivity contribution in [3.63, 3.8) is 0 Å². The average Bonchev–Trinajstić information content (AvgIpc) is 2.52. The van der Waals surface area contributed by atoms with Gasteiger partial charge in [0.2, 0.25) is 10.0 Å². The normalized spacial score (nSPS) is 20.4. The van der Waals surface area contributed by atoms with E-state index in [0.29, 0.717) is 30.8 Å². The monoisotopic (exact) mass is 364 g/mol. The zero-order chi connectivity index (χ0) is 17.5. The molecule has 0 bridgehead atoms. The van der Waals surface area contributed by atoms with E-state index in [1.54, 1.807) is 7.05 Å². The van der Waals surface area contributed by atoms with Crippen molar-refractivity contribution in [2.24, 2.45) is 10.9 Å². The van der Waals surface area contributed by atoms with Gasteiger partial charge < -0.3 is 10.2 Å². The fraction of sp³-hybridized carbons (Fsp3) is 0.933. The second-order valence-corrected chi connectivity index (χ2v) is 9.41. The van der Waals surface area contributed by atoms with Crippen molar-refractivity contribution in [1.82, 2.24) is 14.5 Å². The Bertz CT molecular complexity index is 476. The van der Waals surface area contributed by atoms with E-state index < -0.39 is 10.0 Å². The van der Waals surface area contributed by atoms with Gasteiger partial charge in [0.05, 0.1) is 5.75 Å². The third-order valence-corrected chi connectivity index (χ3v) is 7.65. The summed E-state index contributed by atoms with van der Waals surface area (Å²) in [6, 6.07) is 0. The maximum atomic E-state index is 12.2. The number of sulfonamides is 1. The van der Waals surface area contributed by atoms with E-state index in [0.717, 1.165) is 24.8 Å². The summed E-state index contributed by atoms with van der Waals surface area (Å²) in [5, 5.41) is 3.82. The molecule has 0 amide bonds. The van der Waals surface area contributed by atoms with Crippen molar-refractivity contribution < 1.29 is 8.42 Å². The molecule has 1 atom stereocenters. The van der Waals surface area contributed by atoms with Crippen LogP contribution in [0.25, 0.3) is 0 Å². The van der Waals surface area contributed by atoms with E-state index in [1.807, 2.05) is 25.6 Å². The van der Waals surface area contributed by atoms with Crippen LogP contribution in [0.2, 0.25) is 0 Å². The Morgan fingerprint density at radius 2 is 2.04 bits per heavy atom. The molecule has 1 unspecified atom stereocenters. The van der Waals surface area contributed by atoms with E-state index in [2.05, 4.69) is 29.1 Å². The number of rotatable bonds is 7. The fourth-order valence-corrected chi connectivity index (χ4v) is 5.35. The van der Waals surface area contributed by atoms with Crippen molar-refractivity contribution in [2.45, 2.75) is 32.9 Å². The smallest absolute Gasteiger partial charge is 0.215 e. The standard InChI is InChI=1S/C15H32N4O2S2/c1-6-19(7-2)23(20,21)11-8-17-15(16-5)18-9-10-22-14(12-18)13(3)4/h13-14H,6-12H2,1-5H3,(H,16,17). The molecule has 1 fully saturated rings. The number of hydrogen-bond acceptors (Lipinski definition) is 4. The van der Waals surface area contributed by atoms with Gasteiger partial charge >= 0.3 is 0 Å². The molecular weight excluding hydrogens is 332 g/mol. The maximum Gasteiger partial charge on any atom is 0.215 e. The first-order valence-corrected chi connectivity index (χ1v) is 11.1. The van der Waals surface area contributed by atoms with Gasteiger partial charge in [-0.3, -0.25) is 4.99 Å². The molecule has 0 radical (unpaired) electrons. The number of aliphatic imine (C=N–C) groups is 1. The van der Waals surface area contributed by atoms with Crippen molar-refractivity contribution in [3.05, 3.63) is 0 Å². The minimum Gasteiger partial charge on any atom is -0.355 e. The van der Waals surface area contributed by atoms with Crippen LogP contribution in [0.5, 0.6) is 0 Å². The molecule has 1 heterocycles. The predicted molar refractivity (Wildman–Crippen MR) is 101 cm³/mol. The van der Waals surface area contributed by atoms with Crippen LogP contribution in [-0.4, -0.2) is 80.1 Å². The van der Waals surface area contributed by atoms with Gasteiger partial charge in [-0.1, -0.05) is 27.7 Å². The van der Waals surface area contributed by atoms with Crippen LogP contribution in [0.15, 0.2) is 4.99 Å². The summed E-state index contributed by atoms with van der Waals surface area (Å²) in [5.74, 6) is 2.63. The first-order valence-electron chi connectivity index (χ1n) is 8.40. The lowest BCUT2D eigenvalue weighted by Crippen LogP contribution is -2.50. The van der Waals surface area contributed by atoms with Crippen LogP contribution < -0.4 is 5.32 Å². The Labute approximate surface area is 146 Å². The van der Waals surface area contributed by atoms with Gasteiger partial charge in [-0.25, -0.2) is 12.7 Å². The topological polar surface area (TPSA) is 65.0 Å². The molecule has 1 rings (SSSR count). The van der Waals surface area contributed by atoms with Crippen LogP contribution in [0.4, 0.5) is 0 Å². The largest absolute Gasteiger partial charge is 0.355 e. The fourth-order valence-electron chi connectivity index (χ4n) is 2.64. The van der Waals surface area contributed by atoms with Gasteiger partial charge in [0, 0.05) is 50.8 Å². The third kappa shape index (κ3) is 6.15. The first kappa shape index (κ1) is 20.6. The molecule has 1 N–H and O–H groups in total.